The third-order valence-electron chi connectivity index (χ3n) is 1.41. The van der Waals surface area contributed by atoms with E-state index in [9.17, 15) is 0 Å². The van der Waals surface area contributed by atoms with Gasteiger partial charge in [-0.25, -0.2) is 0 Å². The van der Waals surface area contributed by atoms with Gasteiger partial charge in [0.1, 0.15) is 0 Å². The summed E-state index contributed by atoms with van der Waals surface area (Å²) < 4.78 is 3.25. The first-order chi connectivity index (χ1) is 6.15. The van der Waals surface area contributed by atoms with Gasteiger partial charge < -0.3 is 15.1 Å². The fourth-order valence-electron chi connectivity index (χ4n) is 0.729. The van der Waals surface area contributed by atoms with E-state index in [1.165, 1.54) is 25.7 Å². The molecule has 0 fully saturated rings. The molecule has 3 N–H and O–H groups in total. The number of rotatable bonds is 6. The second-order valence-corrected chi connectivity index (χ2v) is 7.08. The van der Waals surface area contributed by atoms with Gasteiger partial charge in [0.05, 0.1) is 0 Å². The van der Waals surface area contributed by atoms with Crippen molar-refractivity contribution >= 4 is 52.4 Å². The number of unbranched alkanes of at least 4 members (excludes halogenated alkanes) is 2. The minimum atomic E-state index is -2.17. The summed E-state index contributed by atoms with van der Waals surface area (Å²) in [5.41, 5.74) is 0. The second kappa shape index (κ2) is 20.0. The fourth-order valence-corrected chi connectivity index (χ4v) is 4.89. The summed E-state index contributed by atoms with van der Waals surface area (Å²) in [6, 6.07) is 0. The van der Waals surface area contributed by atoms with Crippen LogP contribution in [-0.4, -0.2) is 67.4 Å². The van der Waals surface area contributed by atoms with E-state index >= 15 is 0 Å². The van der Waals surface area contributed by atoms with Crippen LogP contribution < -0.4 is 0 Å². The van der Waals surface area contributed by atoms with Crippen molar-refractivity contribution in [3.8, 4) is 0 Å². The van der Waals surface area contributed by atoms with Gasteiger partial charge in [-0.05, 0) is 0 Å². The zero-order valence-corrected chi connectivity index (χ0v) is 16.3. The fraction of sp³-hybridized carbons (Fsp3) is 1.00. The first kappa shape index (κ1) is 20.9. The minimum absolute atomic E-state index is 0. The molecule has 0 aliphatic heterocycles. The van der Waals surface area contributed by atoms with Crippen LogP contribution in [0.25, 0.3) is 0 Å². The summed E-state index contributed by atoms with van der Waals surface area (Å²) in [5, 5.41) is 21.5. The zero-order valence-electron chi connectivity index (χ0n) is 9.37. The van der Waals surface area contributed by atoms with E-state index in [0.717, 1.165) is 0 Å². The third-order valence-corrected chi connectivity index (χ3v) is 5.45. The Hall–Kier alpha value is 1.54. The Labute approximate surface area is 115 Å². The maximum atomic E-state index is 7.17. The Kier molecular flexibility index (Phi) is 29.9. The average molecular weight is 416 g/mol. The van der Waals surface area contributed by atoms with E-state index in [1.807, 2.05) is 0 Å². The summed E-state index contributed by atoms with van der Waals surface area (Å²) in [6.45, 7) is 4.58. The molecule has 0 bridgehead atoms. The predicted molar refractivity (Wildman–Crippen MR) is 66.1 cm³/mol. The topological polar surface area (TPSA) is 60.7 Å². The van der Waals surface area contributed by atoms with Crippen LogP contribution in [0.1, 0.15) is 39.5 Å². The Balaban J connectivity index is -0.000000209. The Morgan fingerprint density at radius 3 is 1.43 bits per heavy atom. The van der Waals surface area contributed by atoms with Crippen LogP contribution in [0.5, 0.6) is 0 Å². The molecule has 0 unspecified atom stereocenters. The van der Waals surface area contributed by atoms with Gasteiger partial charge in [0, 0.05) is 0 Å². The van der Waals surface area contributed by atoms with E-state index in [0.29, 0.717) is 0 Å². The molecule has 0 saturated heterocycles. The molecule has 0 atom stereocenters. The summed E-state index contributed by atoms with van der Waals surface area (Å²) >= 11 is 0.149. The SMILES string of the molecule is CCC[CH2][Sn][CH2]CCC.OB(O)O.[SnH2]. The molecule has 0 aromatic carbocycles. The summed E-state index contributed by atoms with van der Waals surface area (Å²) in [5.74, 6) is 0. The molecule has 0 amide bonds. The van der Waals surface area contributed by atoms with Crippen molar-refractivity contribution in [2.75, 3.05) is 0 Å². The van der Waals surface area contributed by atoms with E-state index < -0.39 is 7.32 Å². The predicted octanol–water partition coefficient (Wildman–Crippen LogP) is 0.159. The molecule has 0 rings (SSSR count). The second-order valence-electron chi connectivity index (χ2n) is 2.80. The van der Waals surface area contributed by atoms with Crippen molar-refractivity contribution in [1.29, 1.82) is 0 Å². The normalized spacial score (nSPS) is 8.36. The van der Waals surface area contributed by atoms with Crippen LogP contribution in [0.15, 0.2) is 0 Å². The third kappa shape index (κ3) is 37.4. The van der Waals surface area contributed by atoms with Crippen LogP contribution in [-0.2, 0) is 0 Å². The van der Waals surface area contributed by atoms with Gasteiger partial charge in [0.25, 0.3) is 0 Å². The average Bonchev–Trinajstić information content (AvgIpc) is 2.03. The van der Waals surface area contributed by atoms with Gasteiger partial charge in [-0.3, -0.25) is 0 Å². The molecule has 0 heterocycles. The number of hydrogen-bond acceptors (Lipinski definition) is 3. The maximum absolute atomic E-state index is 7.17. The van der Waals surface area contributed by atoms with Gasteiger partial charge in [-0.2, -0.15) is 0 Å². The van der Waals surface area contributed by atoms with Gasteiger partial charge in [-0.15, -0.1) is 0 Å². The van der Waals surface area contributed by atoms with E-state index in [4.69, 9.17) is 15.1 Å². The van der Waals surface area contributed by atoms with Gasteiger partial charge >= 0.3 is 101 Å². The monoisotopic (exact) mass is 418 g/mol. The summed E-state index contributed by atoms with van der Waals surface area (Å²) in [6.07, 6.45) is 5.84. The molecule has 0 saturated carbocycles. The molecular formula is C8H23BO3Sn2. The molecule has 4 radical (unpaired) electrons. The molecule has 0 aliphatic rings. The van der Waals surface area contributed by atoms with Crippen molar-refractivity contribution < 1.29 is 15.1 Å². The molecule has 0 aromatic heterocycles. The molecule has 0 aliphatic carbocycles. The summed E-state index contributed by atoms with van der Waals surface area (Å²) in [7, 11) is -2.17. The van der Waals surface area contributed by atoms with Crippen molar-refractivity contribution in [3.63, 3.8) is 0 Å². The van der Waals surface area contributed by atoms with Crippen molar-refractivity contribution in [3.05, 3.63) is 0 Å². The van der Waals surface area contributed by atoms with Gasteiger partial charge in [-0.1, -0.05) is 0 Å². The van der Waals surface area contributed by atoms with E-state index in [1.54, 1.807) is 8.87 Å². The van der Waals surface area contributed by atoms with Crippen molar-refractivity contribution in [2.24, 2.45) is 0 Å². The van der Waals surface area contributed by atoms with Crippen LogP contribution in [0.4, 0.5) is 0 Å². The molecule has 6 heteroatoms. The van der Waals surface area contributed by atoms with Crippen LogP contribution in [0, 0.1) is 0 Å². The van der Waals surface area contributed by atoms with Crippen LogP contribution in [0.2, 0.25) is 8.87 Å². The van der Waals surface area contributed by atoms with Gasteiger partial charge in [0.2, 0.25) is 0 Å². The number of hydrogen-bond donors (Lipinski definition) is 3. The van der Waals surface area contributed by atoms with E-state index in [2.05, 4.69) is 13.8 Å². The molecule has 14 heavy (non-hydrogen) atoms. The molecule has 0 spiro atoms. The first-order valence-corrected chi connectivity index (χ1v) is 8.93. The standard InChI is InChI=1S/2C4H9.BH3O3.2Sn.2H/c2*1-3-4-2;2-1(3)4;;;;/h2*1,3-4H2,2H3;2-4H;;;;. The Bertz CT molecular complexity index is 78.2. The Morgan fingerprint density at radius 2 is 1.21 bits per heavy atom. The quantitative estimate of drug-likeness (QED) is 0.428. The van der Waals surface area contributed by atoms with Crippen LogP contribution in [0.3, 0.4) is 0 Å². The molecule has 3 nitrogen and oxygen atoms in total. The Morgan fingerprint density at radius 1 is 0.929 bits per heavy atom. The van der Waals surface area contributed by atoms with Gasteiger partial charge in [0.15, 0.2) is 0 Å². The molecular weight excluding hydrogens is 392 g/mol. The molecule has 0 aromatic rings. The van der Waals surface area contributed by atoms with Crippen molar-refractivity contribution in [2.45, 2.75) is 48.4 Å². The molecule has 84 valence electrons. The van der Waals surface area contributed by atoms with Crippen LogP contribution >= 0.6 is 0 Å². The van der Waals surface area contributed by atoms with Crippen molar-refractivity contribution in [1.82, 2.24) is 0 Å². The first-order valence-electron chi connectivity index (χ1n) is 4.90. The zero-order chi connectivity index (χ0) is 10.5. The van der Waals surface area contributed by atoms with E-state index in [-0.39, 0.29) is 45.0 Å². The summed E-state index contributed by atoms with van der Waals surface area (Å²) in [4.78, 5) is 0.